The van der Waals surface area contributed by atoms with Gasteiger partial charge in [0.2, 0.25) is 0 Å². The van der Waals surface area contributed by atoms with Crippen LogP contribution in [0.2, 0.25) is 0 Å². The molecule has 0 aliphatic heterocycles. The Kier molecular flexibility index (Phi) is 6.75. The van der Waals surface area contributed by atoms with Gasteiger partial charge in [0.05, 0.1) is 18.4 Å². The van der Waals surface area contributed by atoms with Gasteiger partial charge in [0.1, 0.15) is 12.2 Å². The Morgan fingerprint density at radius 3 is 2.70 bits per heavy atom. The van der Waals surface area contributed by atoms with Crippen LogP contribution in [-0.4, -0.2) is 30.2 Å². The van der Waals surface area contributed by atoms with E-state index in [-0.39, 0.29) is 41.5 Å². The molecule has 0 radical (unpaired) electrons. The molecule has 2 N–H and O–H groups in total. The van der Waals surface area contributed by atoms with E-state index in [1.807, 2.05) is 0 Å². The first-order chi connectivity index (χ1) is 12.8. The first-order valence-corrected chi connectivity index (χ1v) is 8.09. The Bertz CT molecular complexity index is 818. The molecule has 2 rings (SSSR count). The third-order valence-corrected chi connectivity index (χ3v) is 3.60. The van der Waals surface area contributed by atoms with Gasteiger partial charge in [-0.05, 0) is 19.9 Å². The number of halogens is 2. The highest BCUT2D eigenvalue weighted by molar-refractivity contribution is 5.97. The van der Waals surface area contributed by atoms with Crippen molar-refractivity contribution in [1.29, 1.82) is 0 Å². The second-order valence-corrected chi connectivity index (χ2v) is 5.53. The Morgan fingerprint density at radius 2 is 2.07 bits per heavy atom. The Labute approximate surface area is 153 Å². The number of aliphatic carboxylic acids is 1. The molecule has 1 amide bonds. The number of carbonyl (C=O) groups is 2. The van der Waals surface area contributed by atoms with Crippen molar-refractivity contribution >= 4 is 11.9 Å². The lowest BCUT2D eigenvalue weighted by molar-refractivity contribution is -0.136. The summed E-state index contributed by atoms with van der Waals surface area (Å²) in [6.45, 7) is 0.373. The zero-order valence-corrected chi connectivity index (χ0v) is 14.8. The van der Waals surface area contributed by atoms with Crippen LogP contribution in [0.1, 0.15) is 34.2 Å². The zero-order chi connectivity index (χ0) is 20.0. The van der Waals surface area contributed by atoms with Crippen molar-refractivity contribution in [1.82, 2.24) is 5.32 Å². The summed E-state index contributed by atoms with van der Waals surface area (Å²) in [6.07, 6.45) is 0.838. The van der Waals surface area contributed by atoms with Crippen molar-refractivity contribution in [2.24, 2.45) is 0 Å². The van der Waals surface area contributed by atoms with Crippen LogP contribution in [0, 0.1) is 6.92 Å². The van der Waals surface area contributed by atoms with E-state index < -0.39 is 24.9 Å². The number of hydrogen-bond acceptors (Lipinski definition) is 5. The first kappa shape index (κ1) is 20.2. The lowest BCUT2D eigenvalue weighted by Crippen LogP contribution is -2.25. The Hall–Kier alpha value is -3.10. The number of amides is 1. The predicted octanol–water partition coefficient (Wildman–Crippen LogP) is 3.15. The molecule has 27 heavy (non-hydrogen) atoms. The number of benzene rings is 1. The van der Waals surface area contributed by atoms with E-state index in [2.05, 4.69) is 10.1 Å². The van der Waals surface area contributed by atoms with Gasteiger partial charge >= 0.3 is 12.6 Å². The number of carbonyl (C=O) groups excluding carboxylic acids is 1. The van der Waals surface area contributed by atoms with Gasteiger partial charge in [-0.25, -0.2) is 0 Å². The third kappa shape index (κ3) is 5.19. The monoisotopic (exact) mass is 383 g/mol. The van der Waals surface area contributed by atoms with Crippen molar-refractivity contribution in [3.63, 3.8) is 0 Å². The number of carboxylic acids is 1. The topological polar surface area (TPSA) is 98.0 Å². The summed E-state index contributed by atoms with van der Waals surface area (Å²) < 4.78 is 40.4. The van der Waals surface area contributed by atoms with Crippen LogP contribution in [0.3, 0.4) is 0 Å². The number of para-hydroxylation sites is 1. The van der Waals surface area contributed by atoms with E-state index in [0.717, 1.165) is 0 Å². The molecule has 0 fully saturated rings. The molecule has 1 aromatic heterocycles. The number of hydrogen-bond donors (Lipinski definition) is 2. The van der Waals surface area contributed by atoms with Crippen LogP contribution in [0.25, 0.3) is 0 Å². The molecule has 0 aliphatic rings. The van der Waals surface area contributed by atoms with E-state index in [0.29, 0.717) is 5.56 Å². The van der Waals surface area contributed by atoms with E-state index in [1.54, 1.807) is 19.9 Å². The summed E-state index contributed by atoms with van der Waals surface area (Å²) in [6, 6.07) is 4.59. The van der Waals surface area contributed by atoms with Crippen LogP contribution in [0.5, 0.6) is 11.5 Å². The van der Waals surface area contributed by atoms with Crippen LogP contribution in [-0.2, 0) is 17.8 Å². The Balaban J connectivity index is 2.21. The quantitative estimate of drug-likeness (QED) is 0.690. The van der Waals surface area contributed by atoms with E-state index in [4.69, 9.17) is 14.3 Å². The van der Waals surface area contributed by atoms with Gasteiger partial charge in [0, 0.05) is 17.7 Å². The summed E-state index contributed by atoms with van der Waals surface area (Å²) >= 11 is 0. The molecule has 0 atom stereocenters. The lowest BCUT2D eigenvalue weighted by atomic mass is 10.1. The minimum atomic E-state index is -3.06. The average Bonchev–Trinajstić information content (AvgIpc) is 2.94. The maximum Gasteiger partial charge on any atom is 0.387 e. The van der Waals surface area contributed by atoms with Crippen molar-refractivity contribution in [2.45, 2.75) is 33.4 Å². The standard InChI is InChI=1S/C18H19F2NO6/c1-3-25-12-6-4-5-11(16(12)27-18(19)20)8-21-17(24)15-10(2)9-26-13(15)7-14(22)23/h4-6,9,18H,3,7-8H2,1-2H3,(H,21,24)(H,22,23). The summed E-state index contributed by atoms with van der Waals surface area (Å²) in [5.41, 5.74) is 0.862. The van der Waals surface area contributed by atoms with Crippen LogP contribution in [0.4, 0.5) is 8.78 Å². The minimum Gasteiger partial charge on any atom is -0.490 e. The van der Waals surface area contributed by atoms with Gasteiger partial charge in [0.25, 0.3) is 5.91 Å². The molecule has 0 spiro atoms. The summed E-state index contributed by atoms with van der Waals surface area (Å²) in [5, 5.41) is 11.5. The van der Waals surface area contributed by atoms with Gasteiger partial charge in [0.15, 0.2) is 11.5 Å². The molecule has 0 unspecified atom stereocenters. The predicted molar refractivity (Wildman–Crippen MR) is 90.2 cm³/mol. The molecule has 7 nitrogen and oxygen atoms in total. The number of furan rings is 1. The van der Waals surface area contributed by atoms with Gasteiger partial charge in [-0.2, -0.15) is 8.78 Å². The second kappa shape index (κ2) is 9.02. The summed E-state index contributed by atoms with van der Waals surface area (Å²) in [7, 11) is 0. The van der Waals surface area contributed by atoms with Crippen LogP contribution >= 0.6 is 0 Å². The van der Waals surface area contributed by atoms with E-state index in [9.17, 15) is 18.4 Å². The van der Waals surface area contributed by atoms with Crippen molar-refractivity contribution in [3.8, 4) is 11.5 Å². The fraction of sp³-hybridized carbons (Fsp3) is 0.333. The Morgan fingerprint density at radius 1 is 1.33 bits per heavy atom. The lowest BCUT2D eigenvalue weighted by Gasteiger charge is -2.15. The van der Waals surface area contributed by atoms with Crippen LogP contribution in [0.15, 0.2) is 28.9 Å². The average molecular weight is 383 g/mol. The number of ether oxygens (including phenoxy) is 2. The molecule has 0 saturated carbocycles. The summed E-state index contributed by atoms with van der Waals surface area (Å²) in [5.74, 6) is -1.73. The fourth-order valence-corrected chi connectivity index (χ4v) is 2.53. The number of rotatable bonds is 9. The van der Waals surface area contributed by atoms with Gasteiger partial charge in [-0.3, -0.25) is 9.59 Å². The summed E-state index contributed by atoms with van der Waals surface area (Å²) in [4.78, 5) is 23.3. The number of nitrogens with one attached hydrogen (secondary N) is 1. The highest BCUT2D eigenvalue weighted by Gasteiger charge is 2.21. The molecule has 0 saturated heterocycles. The maximum absolute atomic E-state index is 12.7. The number of alkyl halides is 2. The van der Waals surface area contributed by atoms with Crippen LogP contribution < -0.4 is 14.8 Å². The molecule has 0 aliphatic carbocycles. The van der Waals surface area contributed by atoms with E-state index >= 15 is 0 Å². The molecule has 2 aromatic rings. The maximum atomic E-state index is 12.7. The molecule has 1 aromatic carbocycles. The molecule has 1 heterocycles. The normalized spacial score (nSPS) is 10.7. The van der Waals surface area contributed by atoms with Crippen molar-refractivity contribution in [2.75, 3.05) is 6.61 Å². The SMILES string of the molecule is CCOc1cccc(CNC(=O)c2c(C)coc2CC(=O)O)c1OC(F)F. The van der Waals surface area contributed by atoms with E-state index in [1.165, 1.54) is 18.4 Å². The third-order valence-electron chi connectivity index (χ3n) is 3.60. The van der Waals surface area contributed by atoms with Gasteiger partial charge in [-0.15, -0.1) is 0 Å². The second-order valence-electron chi connectivity index (χ2n) is 5.53. The van der Waals surface area contributed by atoms with Crippen molar-refractivity contribution < 1.29 is 37.4 Å². The first-order valence-electron chi connectivity index (χ1n) is 8.09. The highest BCUT2D eigenvalue weighted by Crippen LogP contribution is 2.33. The smallest absolute Gasteiger partial charge is 0.387 e. The van der Waals surface area contributed by atoms with Gasteiger partial charge in [-0.1, -0.05) is 12.1 Å². The molecule has 9 heteroatoms. The number of aryl methyl sites for hydroxylation is 1. The molecular weight excluding hydrogens is 364 g/mol. The highest BCUT2D eigenvalue weighted by atomic mass is 19.3. The van der Waals surface area contributed by atoms with Gasteiger partial charge < -0.3 is 24.3 Å². The molecule has 0 bridgehead atoms. The zero-order valence-electron chi connectivity index (χ0n) is 14.8. The fourth-order valence-electron chi connectivity index (χ4n) is 2.53. The number of carboxylic acid groups (broad SMARTS) is 1. The molecule has 146 valence electrons. The van der Waals surface area contributed by atoms with Crippen molar-refractivity contribution in [3.05, 3.63) is 46.9 Å². The minimum absolute atomic E-state index is 0.0182. The molecular formula is C18H19F2NO6. The largest absolute Gasteiger partial charge is 0.490 e.